The van der Waals surface area contributed by atoms with Crippen LogP contribution in [0.2, 0.25) is 0 Å². The summed E-state index contributed by atoms with van der Waals surface area (Å²) in [5.41, 5.74) is 0. The molecule has 0 amide bonds. The Labute approximate surface area is 437 Å². The first-order valence-corrected chi connectivity index (χ1v) is 30.2. The van der Waals surface area contributed by atoms with Crippen molar-refractivity contribution in [2.45, 2.75) is 314 Å². The summed E-state index contributed by atoms with van der Waals surface area (Å²) in [5.74, 6) is -0.314. The molecule has 71 heavy (non-hydrogen) atoms. The van der Waals surface area contributed by atoms with Crippen molar-refractivity contribution in [2.24, 2.45) is 0 Å². The second-order valence-electron chi connectivity index (χ2n) is 20.8. The Bertz CT molecular complexity index is 1230. The first-order chi connectivity index (χ1) is 34.9. The molecule has 1 fully saturated rings. The van der Waals surface area contributed by atoms with Crippen LogP contribution in [0.1, 0.15) is 277 Å². The minimum Gasteiger partial charge on any atom is -0.457 e. The second kappa shape index (κ2) is 53.0. The van der Waals surface area contributed by atoms with E-state index in [-0.39, 0.29) is 19.2 Å². The first-order valence-electron chi connectivity index (χ1n) is 30.2. The predicted octanol–water partition coefficient (Wildman–Crippen LogP) is 16.0. The molecule has 6 unspecified atom stereocenters. The van der Waals surface area contributed by atoms with E-state index < -0.39 is 43.4 Å². The summed E-state index contributed by atoms with van der Waals surface area (Å²) >= 11 is 0. The van der Waals surface area contributed by atoms with E-state index in [4.69, 9.17) is 18.9 Å². The average Bonchev–Trinajstić information content (AvgIpc) is 3.37. The molecule has 416 valence electrons. The molecule has 1 saturated heterocycles. The predicted molar refractivity (Wildman–Crippen MR) is 298 cm³/mol. The Morgan fingerprint density at radius 3 is 1.30 bits per heavy atom. The third kappa shape index (κ3) is 43.1. The third-order valence-corrected chi connectivity index (χ3v) is 14.0. The Kier molecular flexibility index (Phi) is 50.1. The van der Waals surface area contributed by atoms with Gasteiger partial charge in [0.15, 0.2) is 6.29 Å². The molecular weight excluding hydrogens is 889 g/mol. The molecule has 6 atom stereocenters. The zero-order chi connectivity index (χ0) is 51.3. The van der Waals surface area contributed by atoms with Gasteiger partial charge in [0.1, 0.15) is 30.5 Å². The number of allylic oxidation sites excluding steroid dienone is 8. The maximum atomic E-state index is 12.9. The van der Waals surface area contributed by atoms with Crippen LogP contribution in [0.15, 0.2) is 48.6 Å². The SMILES string of the molecule is CC/C=C\C/C=C\C/C=C\C/C=C\CCCCCCCCCCCCC(=O)OC(COCCCCCCCCCCCCCCCCCCCCCCCCCCC)COC1OC(CO)C(O)C(O)C1O. The summed E-state index contributed by atoms with van der Waals surface area (Å²) < 4.78 is 23.0. The summed E-state index contributed by atoms with van der Waals surface area (Å²) in [7, 11) is 0. The molecule has 1 aliphatic rings. The molecule has 1 aliphatic heterocycles. The molecule has 1 rings (SSSR count). The number of aliphatic hydroxyl groups is 4. The van der Waals surface area contributed by atoms with Gasteiger partial charge in [-0.25, -0.2) is 0 Å². The van der Waals surface area contributed by atoms with Crippen molar-refractivity contribution >= 4 is 5.97 Å². The Morgan fingerprint density at radius 2 is 0.859 bits per heavy atom. The van der Waals surface area contributed by atoms with Crippen LogP contribution in [0.25, 0.3) is 0 Å². The van der Waals surface area contributed by atoms with E-state index in [1.807, 2.05) is 0 Å². The molecule has 0 bridgehead atoms. The van der Waals surface area contributed by atoms with Crippen molar-refractivity contribution in [3.63, 3.8) is 0 Å². The van der Waals surface area contributed by atoms with E-state index in [2.05, 4.69) is 62.5 Å². The molecule has 0 aromatic rings. The van der Waals surface area contributed by atoms with Gasteiger partial charge in [0, 0.05) is 13.0 Å². The van der Waals surface area contributed by atoms with Crippen LogP contribution in [0.5, 0.6) is 0 Å². The van der Waals surface area contributed by atoms with Crippen LogP contribution in [-0.2, 0) is 23.7 Å². The lowest BCUT2D eigenvalue weighted by Gasteiger charge is -2.39. The van der Waals surface area contributed by atoms with Gasteiger partial charge >= 0.3 is 5.97 Å². The van der Waals surface area contributed by atoms with Crippen molar-refractivity contribution in [1.82, 2.24) is 0 Å². The topological polar surface area (TPSA) is 135 Å². The standard InChI is InChI=1S/C62H114O9/c1-3-5-7-9-11-13-15-17-19-21-23-25-27-28-30-32-34-36-38-40-42-44-46-48-50-52-68-54-56(55-69-62-61(67)60(66)59(65)57(53-63)71-62)70-58(64)51-49-47-45-43-41-39-37-35-33-31-29-26-24-22-20-18-16-14-12-10-8-6-4-2/h6,8,12,14,18,20,24,26,56-57,59-63,65-67H,3-5,7,9-11,13,15-17,19,21-23,25,27-55H2,1-2H3/b8-6-,14-12-,20-18-,26-24-. The molecule has 0 aliphatic carbocycles. The Balaban J connectivity index is 2.12. The summed E-state index contributed by atoms with van der Waals surface area (Å²) in [4.78, 5) is 12.9. The number of esters is 1. The molecule has 4 N–H and O–H groups in total. The van der Waals surface area contributed by atoms with Crippen molar-refractivity contribution in [3.8, 4) is 0 Å². The van der Waals surface area contributed by atoms with E-state index >= 15 is 0 Å². The fourth-order valence-electron chi connectivity index (χ4n) is 9.37. The third-order valence-electron chi connectivity index (χ3n) is 14.0. The Morgan fingerprint density at radius 1 is 0.465 bits per heavy atom. The number of carbonyl (C=O) groups is 1. The molecule has 0 spiro atoms. The van der Waals surface area contributed by atoms with E-state index in [1.165, 1.54) is 199 Å². The highest BCUT2D eigenvalue weighted by Crippen LogP contribution is 2.23. The van der Waals surface area contributed by atoms with Crippen molar-refractivity contribution < 1.29 is 44.2 Å². The van der Waals surface area contributed by atoms with Crippen molar-refractivity contribution in [2.75, 3.05) is 26.4 Å². The largest absolute Gasteiger partial charge is 0.457 e. The minimum absolute atomic E-state index is 0.113. The molecule has 9 heteroatoms. The van der Waals surface area contributed by atoms with E-state index in [9.17, 15) is 25.2 Å². The van der Waals surface area contributed by atoms with Crippen LogP contribution in [-0.4, -0.2) is 89.6 Å². The van der Waals surface area contributed by atoms with Crippen LogP contribution >= 0.6 is 0 Å². The highest BCUT2D eigenvalue weighted by Gasteiger charge is 2.44. The molecule has 0 aromatic carbocycles. The fraction of sp³-hybridized carbons (Fsp3) is 0.855. The number of carbonyl (C=O) groups excluding carboxylic acids is 1. The molecule has 0 aromatic heterocycles. The quantitative estimate of drug-likeness (QED) is 0.0267. The number of unbranched alkanes of at least 4 members (excludes halogenated alkanes) is 34. The summed E-state index contributed by atoms with van der Waals surface area (Å²) in [6, 6.07) is 0. The maximum absolute atomic E-state index is 12.9. The van der Waals surface area contributed by atoms with Gasteiger partial charge in [-0.3, -0.25) is 4.79 Å². The minimum atomic E-state index is -1.54. The lowest BCUT2D eigenvalue weighted by atomic mass is 9.99. The van der Waals surface area contributed by atoms with Gasteiger partial charge < -0.3 is 39.4 Å². The summed E-state index contributed by atoms with van der Waals surface area (Å²) in [5, 5.41) is 40.4. The molecule has 0 saturated carbocycles. The zero-order valence-electron chi connectivity index (χ0n) is 46.2. The first kappa shape index (κ1) is 67.2. The van der Waals surface area contributed by atoms with Gasteiger partial charge in [-0.15, -0.1) is 0 Å². The van der Waals surface area contributed by atoms with E-state index in [0.717, 1.165) is 57.8 Å². The highest BCUT2D eigenvalue weighted by molar-refractivity contribution is 5.69. The second-order valence-corrected chi connectivity index (χ2v) is 20.8. The summed E-state index contributed by atoms with van der Waals surface area (Å²) in [6.07, 6.45) is 61.7. The lowest BCUT2D eigenvalue weighted by Crippen LogP contribution is -2.59. The Hall–Kier alpha value is -1.85. The van der Waals surface area contributed by atoms with Gasteiger partial charge in [-0.05, 0) is 51.4 Å². The number of aliphatic hydroxyl groups excluding tert-OH is 4. The summed E-state index contributed by atoms with van der Waals surface area (Å²) in [6.45, 7) is 4.50. The van der Waals surface area contributed by atoms with Crippen LogP contribution in [0.4, 0.5) is 0 Å². The van der Waals surface area contributed by atoms with Crippen molar-refractivity contribution in [1.29, 1.82) is 0 Å². The average molecular weight is 1000 g/mol. The molecule has 0 radical (unpaired) electrons. The smallest absolute Gasteiger partial charge is 0.306 e. The number of ether oxygens (including phenoxy) is 4. The monoisotopic (exact) mass is 1000 g/mol. The van der Waals surface area contributed by atoms with Crippen molar-refractivity contribution in [3.05, 3.63) is 48.6 Å². The fourth-order valence-corrected chi connectivity index (χ4v) is 9.37. The van der Waals surface area contributed by atoms with Gasteiger partial charge in [-0.1, -0.05) is 268 Å². The van der Waals surface area contributed by atoms with Gasteiger partial charge in [0.2, 0.25) is 0 Å². The molecular formula is C62H114O9. The van der Waals surface area contributed by atoms with Crippen LogP contribution in [0, 0.1) is 0 Å². The van der Waals surface area contributed by atoms with Gasteiger partial charge in [0.25, 0.3) is 0 Å². The van der Waals surface area contributed by atoms with E-state index in [1.54, 1.807) is 0 Å². The number of hydrogen-bond donors (Lipinski definition) is 4. The van der Waals surface area contributed by atoms with Gasteiger partial charge in [-0.2, -0.15) is 0 Å². The maximum Gasteiger partial charge on any atom is 0.306 e. The van der Waals surface area contributed by atoms with Crippen LogP contribution in [0.3, 0.4) is 0 Å². The molecule has 9 nitrogen and oxygen atoms in total. The molecule has 1 heterocycles. The van der Waals surface area contributed by atoms with Crippen LogP contribution < -0.4 is 0 Å². The van der Waals surface area contributed by atoms with E-state index in [0.29, 0.717) is 13.0 Å². The number of hydrogen-bond acceptors (Lipinski definition) is 9. The zero-order valence-corrected chi connectivity index (χ0v) is 46.2. The highest BCUT2D eigenvalue weighted by atomic mass is 16.7. The number of rotatable bonds is 53. The van der Waals surface area contributed by atoms with Gasteiger partial charge in [0.05, 0.1) is 19.8 Å². The lowest BCUT2D eigenvalue weighted by molar-refractivity contribution is -0.305. The normalized spacial score (nSPS) is 19.1.